The Balaban J connectivity index is 1.53. The first-order valence-electron chi connectivity index (χ1n) is 9.11. The molecule has 1 atom stereocenters. The highest BCUT2D eigenvalue weighted by atomic mass is 35.5. The van der Waals surface area contributed by atoms with E-state index in [1.807, 2.05) is 31.2 Å². The van der Waals surface area contributed by atoms with Crippen molar-refractivity contribution in [1.29, 1.82) is 0 Å². The summed E-state index contributed by atoms with van der Waals surface area (Å²) >= 11 is 6.27. The summed E-state index contributed by atoms with van der Waals surface area (Å²) in [6, 6.07) is 7.64. The largest absolute Gasteiger partial charge is 0.368 e. The summed E-state index contributed by atoms with van der Waals surface area (Å²) in [5.74, 6) is 0.325. The van der Waals surface area contributed by atoms with E-state index in [9.17, 15) is 13.2 Å². The van der Waals surface area contributed by atoms with Gasteiger partial charge in [0.2, 0.25) is 5.91 Å². The molecule has 2 heterocycles. The van der Waals surface area contributed by atoms with Crippen molar-refractivity contribution in [1.82, 2.24) is 9.80 Å². The average Bonchev–Trinajstić information content (AvgIpc) is 2.96. The van der Waals surface area contributed by atoms with Crippen LogP contribution in [-0.4, -0.2) is 80.9 Å². The Bertz CT molecular complexity index is 748. The van der Waals surface area contributed by atoms with Crippen LogP contribution in [0.15, 0.2) is 24.3 Å². The van der Waals surface area contributed by atoms with E-state index < -0.39 is 9.84 Å². The molecule has 26 heavy (non-hydrogen) atoms. The number of rotatable bonds is 5. The summed E-state index contributed by atoms with van der Waals surface area (Å²) in [6.45, 7) is 6.04. The first kappa shape index (κ1) is 19.5. The van der Waals surface area contributed by atoms with E-state index >= 15 is 0 Å². The molecule has 0 radical (unpaired) electrons. The molecule has 1 aromatic rings. The van der Waals surface area contributed by atoms with Gasteiger partial charge in [-0.25, -0.2) is 8.42 Å². The van der Waals surface area contributed by atoms with Gasteiger partial charge in [0.1, 0.15) is 0 Å². The highest BCUT2D eigenvalue weighted by Gasteiger charge is 2.34. The van der Waals surface area contributed by atoms with Gasteiger partial charge in [-0.05, 0) is 25.5 Å². The summed E-state index contributed by atoms with van der Waals surface area (Å²) < 4.78 is 23.4. The Morgan fingerprint density at radius 2 is 1.92 bits per heavy atom. The molecule has 0 saturated carbocycles. The van der Waals surface area contributed by atoms with Gasteiger partial charge in [-0.1, -0.05) is 23.7 Å². The number of nitrogens with zero attached hydrogens (tertiary/aromatic N) is 3. The number of sulfone groups is 1. The Hall–Kier alpha value is -1.31. The number of carbonyl (C=O) groups excluding carboxylic acids is 1. The van der Waals surface area contributed by atoms with Crippen LogP contribution in [0.1, 0.15) is 13.3 Å². The Kier molecular flexibility index (Phi) is 6.10. The predicted octanol–water partition coefficient (Wildman–Crippen LogP) is 1.50. The number of benzene rings is 1. The van der Waals surface area contributed by atoms with Crippen LogP contribution < -0.4 is 4.90 Å². The molecule has 1 aromatic carbocycles. The number of halogens is 1. The number of carbonyl (C=O) groups is 1. The van der Waals surface area contributed by atoms with Gasteiger partial charge in [0.15, 0.2) is 9.84 Å². The smallest absolute Gasteiger partial charge is 0.237 e. The van der Waals surface area contributed by atoms with Crippen molar-refractivity contribution >= 4 is 33.0 Å². The van der Waals surface area contributed by atoms with Crippen LogP contribution in [0.2, 0.25) is 5.02 Å². The minimum atomic E-state index is -2.99. The van der Waals surface area contributed by atoms with Gasteiger partial charge in [-0.15, -0.1) is 0 Å². The normalized spacial score (nSPS) is 23.2. The van der Waals surface area contributed by atoms with Gasteiger partial charge < -0.3 is 9.80 Å². The number of amides is 1. The van der Waals surface area contributed by atoms with Gasteiger partial charge in [-0.2, -0.15) is 0 Å². The van der Waals surface area contributed by atoms with Crippen LogP contribution >= 0.6 is 11.6 Å². The Morgan fingerprint density at radius 1 is 1.23 bits per heavy atom. The molecular formula is C18H26ClN3O3S. The summed E-state index contributed by atoms with van der Waals surface area (Å²) in [5, 5.41) is 0.747. The minimum Gasteiger partial charge on any atom is -0.368 e. The molecule has 3 rings (SSSR count). The van der Waals surface area contributed by atoms with E-state index in [2.05, 4.69) is 9.80 Å². The van der Waals surface area contributed by atoms with E-state index in [1.165, 1.54) is 0 Å². The molecule has 0 bridgehead atoms. The number of hydrogen-bond acceptors (Lipinski definition) is 5. The van der Waals surface area contributed by atoms with E-state index in [-0.39, 0.29) is 23.5 Å². The van der Waals surface area contributed by atoms with E-state index in [1.54, 1.807) is 4.90 Å². The third-order valence-corrected chi connectivity index (χ3v) is 7.30. The molecule has 6 nitrogen and oxygen atoms in total. The first-order chi connectivity index (χ1) is 12.4. The lowest BCUT2D eigenvalue weighted by Crippen LogP contribution is -2.51. The fourth-order valence-electron chi connectivity index (χ4n) is 3.80. The average molecular weight is 400 g/mol. The third-order valence-electron chi connectivity index (χ3n) is 5.23. The zero-order valence-corrected chi connectivity index (χ0v) is 16.7. The van der Waals surface area contributed by atoms with Crippen LogP contribution in [0.5, 0.6) is 0 Å². The highest BCUT2D eigenvalue weighted by molar-refractivity contribution is 7.91. The zero-order valence-electron chi connectivity index (χ0n) is 15.1. The zero-order chi connectivity index (χ0) is 18.7. The second-order valence-electron chi connectivity index (χ2n) is 6.95. The van der Waals surface area contributed by atoms with Crippen LogP contribution in [0.3, 0.4) is 0 Å². The molecule has 0 aromatic heterocycles. The number of piperazine rings is 1. The molecule has 0 N–H and O–H groups in total. The Morgan fingerprint density at radius 3 is 2.50 bits per heavy atom. The molecule has 8 heteroatoms. The van der Waals surface area contributed by atoms with Gasteiger partial charge in [-0.3, -0.25) is 9.69 Å². The maximum absolute atomic E-state index is 12.7. The van der Waals surface area contributed by atoms with Gasteiger partial charge in [0.25, 0.3) is 0 Å². The summed E-state index contributed by atoms with van der Waals surface area (Å²) in [6.07, 6.45) is 0.558. The predicted molar refractivity (Wildman–Crippen MR) is 105 cm³/mol. The molecule has 144 valence electrons. The second kappa shape index (κ2) is 8.15. The molecule has 2 saturated heterocycles. The standard InChI is InChI=1S/C18H26ClN3O3S/c1-2-22(15-7-12-26(24,25)14-15)18(23)13-20-8-10-21(11-9-20)17-6-4-3-5-16(17)19/h3-6,15H,2,7-14H2,1H3/t15-/m1/s1. The van der Waals surface area contributed by atoms with Crippen molar-refractivity contribution in [3.05, 3.63) is 29.3 Å². The maximum atomic E-state index is 12.7. The highest BCUT2D eigenvalue weighted by Crippen LogP contribution is 2.26. The minimum absolute atomic E-state index is 0.0285. The summed E-state index contributed by atoms with van der Waals surface area (Å²) in [7, 11) is -2.99. The molecule has 0 spiro atoms. The molecule has 2 aliphatic heterocycles. The lowest BCUT2D eigenvalue weighted by molar-refractivity contribution is -0.134. The Labute approximate surface area is 160 Å². The quantitative estimate of drug-likeness (QED) is 0.750. The number of likely N-dealkylation sites (N-methyl/N-ethyl adjacent to an activating group) is 1. The van der Waals surface area contributed by atoms with Crippen LogP contribution in [0.4, 0.5) is 5.69 Å². The van der Waals surface area contributed by atoms with Crippen molar-refractivity contribution in [3.8, 4) is 0 Å². The molecule has 0 unspecified atom stereocenters. The van der Waals surface area contributed by atoms with Crippen molar-refractivity contribution in [2.75, 3.05) is 55.7 Å². The number of para-hydroxylation sites is 1. The topological polar surface area (TPSA) is 60.9 Å². The van der Waals surface area contributed by atoms with Crippen LogP contribution in [0.25, 0.3) is 0 Å². The SMILES string of the molecule is CCN(C(=O)CN1CCN(c2ccccc2Cl)CC1)[C@@H]1CCS(=O)(=O)C1. The van der Waals surface area contributed by atoms with Crippen LogP contribution in [0, 0.1) is 0 Å². The fraction of sp³-hybridized carbons (Fsp3) is 0.611. The van der Waals surface area contributed by atoms with Gasteiger partial charge in [0.05, 0.1) is 28.8 Å². The van der Waals surface area contributed by atoms with E-state index in [4.69, 9.17) is 11.6 Å². The number of hydrogen-bond donors (Lipinski definition) is 0. The van der Waals surface area contributed by atoms with Crippen molar-refractivity contribution < 1.29 is 13.2 Å². The monoisotopic (exact) mass is 399 g/mol. The molecule has 1 amide bonds. The van der Waals surface area contributed by atoms with Gasteiger partial charge >= 0.3 is 0 Å². The van der Waals surface area contributed by atoms with Crippen molar-refractivity contribution in [2.45, 2.75) is 19.4 Å². The van der Waals surface area contributed by atoms with E-state index in [0.29, 0.717) is 19.5 Å². The van der Waals surface area contributed by atoms with Gasteiger partial charge in [0, 0.05) is 38.8 Å². The first-order valence-corrected chi connectivity index (χ1v) is 11.3. The fourth-order valence-corrected chi connectivity index (χ4v) is 5.78. The lowest BCUT2D eigenvalue weighted by atomic mass is 10.2. The van der Waals surface area contributed by atoms with E-state index in [0.717, 1.165) is 36.9 Å². The van der Waals surface area contributed by atoms with Crippen LogP contribution in [-0.2, 0) is 14.6 Å². The molecular weight excluding hydrogens is 374 g/mol. The molecule has 2 fully saturated rings. The molecule has 0 aliphatic carbocycles. The second-order valence-corrected chi connectivity index (χ2v) is 9.59. The summed E-state index contributed by atoms with van der Waals surface area (Å²) in [4.78, 5) is 18.8. The van der Waals surface area contributed by atoms with Crippen molar-refractivity contribution in [3.63, 3.8) is 0 Å². The number of anilines is 1. The third kappa shape index (κ3) is 4.50. The lowest BCUT2D eigenvalue weighted by Gasteiger charge is -2.37. The molecule has 2 aliphatic rings. The summed E-state index contributed by atoms with van der Waals surface area (Å²) in [5.41, 5.74) is 1.03. The maximum Gasteiger partial charge on any atom is 0.237 e. The van der Waals surface area contributed by atoms with Crippen molar-refractivity contribution in [2.24, 2.45) is 0 Å².